The highest BCUT2D eigenvalue weighted by Crippen LogP contribution is 2.27. The van der Waals surface area contributed by atoms with Crippen molar-refractivity contribution in [2.24, 2.45) is 7.05 Å². The average Bonchev–Trinajstić information content (AvgIpc) is 2.97. The number of hydrogen-bond acceptors (Lipinski definition) is 5. The number of carbonyl (C=O) groups excluding carboxylic acids is 1. The van der Waals surface area contributed by atoms with Crippen molar-refractivity contribution in [2.45, 2.75) is 32.0 Å². The summed E-state index contributed by atoms with van der Waals surface area (Å²) in [4.78, 5) is 19.0. The first kappa shape index (κ1) is 21.3. The van der Waals surface area contributed by atoms with Crippen molar-refractivity contribution in [1.82, 2.24) is 14.5 Å². The van der Waals surface area contributed by atoms with E-state index in [-0.39, 0.29) is 24.8 Å². The summed E-state index contributed by atoms with van der Waals surface area (Å²) in [6.07, 6.45) is 0.0408. The Balaban J connectivity index is 1.35. The van der Waals surface area contributed by atoms with Gasteiger partial charge in [-0.3, -0.25) is 9.69 Å². The van der Waals surface area contributed by atoms with Crippen molar-refractivity contribution >= 4 is 22.6 Å². The maximum Gasteiger partial charge on any atom is 0.238 e. The smallest absolute Gasteiger partial charge is 0.238 e. The number of benzene rings is 2. The molecule has 0 spiro atoms. The number of rotatable bonds is 5. The average molecular weight is 426 g/mol. The first-order chi connectivity index (χ1) is 14.7. The molecule has 2 aromatic carbocycles. The Morgan fingerprint density at radius 2 is 2.16 bits per heavy atom. The van der Waals surface area contributed by atoms with Gasteiger partial charge in [0, 0.05) is 31.9 Å². The second-order valence-corrected chi connectivity index (χ2v) is 8.39. The van der Waals surface area contributed by atoms with E-state index in [1.54, 1.807) is 19.1 Å². The number of amides is 1. The molecule has 4 rings (SSSR count). The Bertz CT molecular complexity index is 1110. The molecule has 0 aliphatic carbocycles. The predicted octanol–water partition coefficient (Wildman–Crippen LogP) is 2.86. The summed E-state index contributed by atoms with van der Waals surface area (Å²) >= 11 is 0. The van der Waals surface area contributed by atoms with Crippen molar-refractivity contribution in [3.63, 3.8) is 0 Å². The Hall–Kier alpha value is -2.97. The minimum Gasteiger partial charge on any atom is -0.487 e. The fourth-order valence-corrected chi connectivity index (χ4v) is 4.07. The van der Waals surface area contributed by atoms with Crippen LogP contribution in [0.2, 0.25) is 0 Å². The number of halogens is 1. The van der Waals surface area contributed by atoms with Crippen molar-refractivity contribution in [2.75, 3.05) is 25.0 Å². The van der Waals surface area contributed by atoms with Crippen LogP contribution in [0, 0.1) is 12.7 Å². The first-order valence-corrected chi connectivity index (χ1v) is 10.3. The largest absolute Gasteiger partial charge is 0.487 e. The molecule has 1 saturated heterocycles. The fraction of sp³-hybridized carbons (Fsp3) is 0.391. The number of likely N-dealkylation sites (tertiary alicyclic amines) is 1. The molecule has 1 amide bonds. The third-order valence-corrected chi connectivity index (χ3v) is 5.77. The second-order valence-electron chi connectivity index (χ2n) is 8.39. The third-order valence-electron chi connectivity index (χ3n) is 5.77. The molecule has 0 saturated carbocycles. The molecule has 7 nitrogen and oxygen atoms in total. The van der Waals surface area contributed by atoms with Gasteiger partial charge in [0.1, 0.15) is 29.1 Å². The Labute approximate surface area is 180 Å². The number of aliphatic hydroxyl groups is 1. The molecule has 0 unspecified atom stereocenters. The van der Waals surface area contributed by atoms with Crippen molar-refractivity contribution < 1.29 is 19.0 Å². The highest BCUT2D eigenvalue weighted by atomic mass is 19.1. The lowest BCUT2D eigenvalue weighted by molar-refractivity contribution is -0.123. The van der Waals surface area contributed by atoms with Crippen molar-refractivity contribution in [3.8, 4) is 5.75 Å². The molecule has 164 valence electrons. The van der Waals surface area contributed by atoms with Gasteiger partial charge in [-0.15, -0.1) is 0 Å². The van der Waals surface area contributed by atoms with Crippen LogP contribution in [0.25, 0.3) is 11.0 Å². The predicted molar refractivity (Wildman–Crippen MR) is 117 cm³/mol. The van der Waals surface area contributed by atoms with E-state index in [9.17, 15) is 14.3 Å². The molecule has 8 heteroatoms. The van der Waals surface area contributed by atoms with Gasteiger partial charge in [0.15, 0.2) is 0 Å². The van der Waals surface area contributed by atoms with Gasteiger partial charge in [0.05, 0.1) is 17.6 Å². The molecule has 2 N–H and O–H groups in total. The van der Waals surface area contributed by atoms with Gasteiger partial charge in [-0.05, 0) is 50.6 Å². The number of nitrogens with one attached hydrogen (secondary N) is 1. The molecule has 1 aliphatic heterocycles. The maximum atomic E-state index is 13.4. The molecule has 31 heavy (non-hydrogen) atoms. The molecule has 1 aliphatic rings. The Kier molecular flexibility index (Phi) is 5.68. The summed E-state index contributed by atoms with van der Waals surface area (Å²) in [5.74, 6) is 0.748. The normalized spacial score (nSPS) is 21.9. The zero-order valence-corrected chi connectivity index (χ0v) is 17.9. The molecule has 3 aromatic rings. The lowest BCUT2D eigenvalue weighted by Crippen LogP contribution is -2.58. The summed E-state index contributed by atoms with van der Waals surface area (Å²) < 4.78 is 21.2. The number of hydrogen-bond donors (Lipinski definition) is 2. The van der Waals surface area contributed by atoms with Gasteiger partial charge in [0.2, 0.25) is 5.91 Å². The van der Waals surface area contributed by atoms with Crippen LogP contribution in [0.1, 0.15) is 19.2 Å². The molecule has 2 atom stereocenters. The van der Waals surface area contributed by atoms with E-state index in [1.165, 1.54) is 12.1 Å². The van der Waals surface area contributed by atoms with E-state index in [0.717, 1.165) is 16.9 Å². The zero-order chi connectivity index (χ0) is 22.2. The lowest BCUT2D eigenvalue weighted by Gasteiger charge is -2.42. The molecule has 2 heterocycles. The Morgan fingerprint density at radius 3 is 2.90 bits per heavy atom. The van der Waals surface area contributed by atoms with Crippen LogP contribution in [0.3, 0.4) is 0 Å². The molecular formula is C23H27FN4O3. The maximum absolute atomic E-state index is 13.4. The van der Waals surface area contributed by atoms with E-state index in [1.807, 2.05) is 41.6 Å². The number of fused-ring (bicyclic) bond motifs is 1. The summed E-state index contributed by atoms with van der Waals surface area (Å²) in [6.45, 7) is 4.63. The van der Waals surface area contributed by atoms with E-state index in [4.69, 9.17) is 4.74 Å². The number of anilines is 1. The molecule has 0 radical (unpaired) electrons. The van der Waals surface area contributed by atoms with Gasteiger partial charge in [-0.2, -0.15) is 0 Å². The minimum absolute atomic E-state index is 0.155. The minimum atomic E-state index is -1.17. The second kappa shape index (κ2) is 8.28. The summed E-state index contributed by atoms with van der Waals surface area (Å²) in [6, 6.07) is 11.5. The number of imidazole rings is 1. The highest BCUT2D eigenvalue weighted by molar-refractivity contribution is 5.94. The van der Waals surface area contributed by atoms with Crippen LogP contribution in [0.15, 0.2) is 42.5 Å². The highest BCUT2D eigenvalue weighted by Gasteiger charge is 2.40. The van der Waals surface area contributed by atoms with E-state index in [0.29, 0.717) is 24.4 Å². The quantitative estimate of drug-likeness (QED) is 0.656. The molecule has 1 aromatic heterocycles. The number of aryl methyl sites for hydroxylation is 2. The number of piperidine rings is 1. The molecule has 1 fully saturated rings. The topological polar surface area (TPSA) is 79.6 Å². The standard InChI is InChI=1S/C23H27FN4O3/c1-15-25-19-12-17(7-8-20(19)27(15)3)26-22(29)13-28-10-9-21(23(2,30)14-28)31-18-6-4-5-16(24)11-18/h4-8,11-12,21,30H,9-10,13-14H2,1-3H3,(H,26,29)/t21-,23-/m0/s1. The molecular weight excluding hydrogens is 399 g/mol. The number of carbonyl (C=O) groups is 1. The van der Waals surface area contributed by atoms with Crippen LogP contribution in [0.4, 0.5) is 10.1 Å². The molecule has 0 bridgehead atoms. The van der Waals surface area contributed by atoms with Crippen LogP contribution < -0.4 is 10.1 Å². The van der Waals surface area contributed by atoms with E-state index < -0.39 is 11.7 Å². The number of nitrogens with zero attached hydrogens (tertiary/aromatic N) is 3. The Morgan fingerprint density at radius 1 is 1.35 bits per heavy atom. The van der Waals surface area contributed by atoms with E-state index >= 15 is 0 Å². The van der Waals surface area contributed by atoms with Crippen LogP contribution >= 0.6 is 0 Å². The van der Waals surface area contributed by atoms with Gasteiger partial charge in [-0.1, -0.05) is 6.07 Å². The number of ether oxygens (including phenoxy) is 1. The van der Waals surface area contributed by atoms with Crippen LogP contribution in [-0.4, -0.2) is 56.8 Å². The summed E-state index contributed by atoms with van der Waals surface area (Å²) in [5.41, 5.74) is 1.35. The number of β-amino-alcohol motifs (C(OH)–C–C–N with tert-alkyl or cyclic N) is 1. The van der Waals surface area contributed by atoms with Crippen LogP contribution in [-0.2, 0) is 11.8 Å². The lowest BCUT2D eigenvalue weighted by atomic mass is 9.91. The summed E-state index contributed by atoms with van der Waals surface area (Å²) in [7, 11) is 1.95. The number of aromatic nitrogens is 2. The fourth-order valence-electron chi connectivity index (χ4n) is 4.07. The van der Waals surface area contributed by atoms with Crippen molar-refractivity contribution in [3.05, 3.63) is 54.1 Å². The van der Waals surface area contributed by atoms with Gasteiger partial charge in [0.25, 0.3) is 0 Å². The monoisotopic (exact) mass is 426 g/mol. The van der Waals surface area contributed by atoms with Gasteiger partial charge < -0.3 is 19.7 Å². The van der Waals surface area contributed by atoms with E-state index in [2.05, 4.69) is 10.3 Å². The van der Waals surface area contributed by atoms with Gasteiger partial charge in [-0.25, -0.2) is 9.37 Å². The van der Waals surface area contributed by atoms with Gasteiger partial charge >= 0.3 is 0 Å². The first-order valence-electron chi connectivity index (χ1n) is 10.3. The van der Waals surface area contributed by atoms with Crippen LogP contribution in [0.5, 0.6) is 5.75 Å². The zero-order valence-electron chi connectivity index (χ0n) is 17.9. The SMILES string of the molecule is Cc1nc2cc(NC(=O)CN3CC[C@H](Oc4cccc(F)c4)[C@@](C)(O)C3)ccc2n1C. The van der Waals surface area contributed by atoms with Crippen molar-refractivity contribution in [1.29, 1.82) is 0 Å². The third kappa shape index (κ3) is 4.70. The summed E-state index contributed by atoms with van der Waals surface area (Å²) in [5, 5.41) is 13.8.